The third-order valence-corrected chi connectivity index (χ3v) is 5.09. The van der Waals surface area contributed by atoms with Crippen molar-refractivity contribution in [3.8, 4) is 0 Å². The van der Waals surface area contributed by atoms with E-state index in [2.05, 4.69) is 21.9 Å². The van der Waals surface area contributed by atoms with Gasteiger partial charge in [0.1, 0.15) is 0 Å². The van der Waals surface area contributed by atoms with Crippen molar-refractivity contribution >= 4 is 11.0 Å². The number of likely N-dealkylation sites (N-methyl/N-ethyl adjacent to an activating group) is 1. The summed E-state index contributed by atoms with van der Waals surface area (Å²) in [6.45, 7) is 4.57. The van der Waals surface area contributed by atoms with Crippen LogP contribution in [0.4, 0.5) is 13.2 Å². The fourth-order valence-corrected chi connectivity index (χ4v) is 3.74. The lowest BCUT2D eigenvalue weighted by atomic mass is 10.1. The SMILES string of the molecule is CC[C@@H](C(N1CCOCC1)n1[nH][n+](=O)c2cc(C(F)(F)F)ccc21)N(C)C. The Balaban J connectivity index is 2.13. The zero-order chi connectivity index (χ0) is 19.8. The van der Waals surface area contributed by atoms with E-state index < -0.39 is 11.7 Å². The first-order chi connectivity index (χ1) is 12.7. The van der Waals surface area contributed by atoms with Crippen LogP contribution in [0.3, 0.4) is 0 Å². The fourth-order valence-electron chi connectivity index (χ4n) is 3.74. The Bertz CT molecular complexity index is 839. The lowest BCUT2D eigenvalue weighted by Crippen LogP contribution is -2.50. The minimum atomic E-state index is -4.50. The Morgan fingerprint density at radius 3 is 2.52 bits per heavy atom. The number of halogens is 3. The van der Waals surface area contributed by atoms with Crippen molar-refractivity contribution in [3.05, 3.63) is 28.7 Å². The summed E-state index contributed by atoms with van der Waals surface area (Å²) in [5.74, 6) is 0. The van der Waals surface area contributed by atoms with Gasteiger partial charge in [0.25, 0.3) is 0 Å². The van der Waals surface area contributed by atoms with E-state index in [1.165, 1.54) is 6.07 Å². The van der Waals surface area contributed by atoms with E-state index >= 15 is 0 Å². The molecule has 0 radical (unpaired) electrons. The summed E-state index contributed by atoms with van der Waals surface area (Å²) in [7, 11) is 3.92. The summed E-state index contributed by atoms with van der Waals surface area (Å²) in [5, 5.41) is 2.70. The average Bonchev–Trinajstić information content (AvgIpc) is 2.95. The fraction of sp³-hybridized carbons (Fsp3) is 0.647. The number of hydrogen-bond acceptors (Lipinski definition) is 4. The zero-order valence-electron chi connectivity index (χ0n) is 15.7. The van der Waals surface area contributed by atoms with E-state index in [0.29, 0.717) is 36.4 Å². The third-order valence-electron chi connectivity index (χ3n) is 5.09. The number of nitrogens with zero attached hydrogens (tertiary/aromatic N) is 4. The molecule has 2 atom stereocenters. The maximum atomic E-state index is 13.0. The van der Waals surface area contributed by atoms with E-state index in [0.717, 1.165) is 18.6 Å². The molecule has 1 fully saturated rings. The Morgan fingerprint density at radius 2 is 1.96 bits per heavy atom. The summed E-state index contributed by atoms with van der Waals surface area (Å²) in [4.78, 5) is 16.6. The largest absolute Gasteiger partial charge is 0.416 e. The highest BCUT2D eigenvalue weighted by molar-refractivity contribution is 5.72. The second kappa shape index (κ2) is 7.61. The van der Waals surface area contributed by atoms with Gasteiger partial charge in [0.2, 0.25) is 11.0 Å². The molecule has 0 aliphatic carbocycles. The summed E-state index contributed by atoms with van der Waals surface area (Å²) < 4.78 is 46.6. The van der Waals surface area contributed by atoms with Crippen LogP contribution < -0.4 is 4.54 Å². The van der Waals surface area contributed by atoms with Gasteiger partial charge >= 0.3 is 6.18 Å². The minimum Gasteiger partial charge on any atom is -0.379 e. The number of morpholine rings is 1. The molecule has 0 spiro atoms. The van der Waals surface area contributed by atoms with Crippen LogP contribution in [0, 0.1) is 4.91 Å². The van der Waals surface area contributed by atoms with Crippen LogP contribution in [0.2, 0.25) is 0 Å². The molecule has 2 heterocycles. The highest BCUT2D eigenvalue weighted by atomic mass is 19.4. The van der Waals surface area contributed by atoms with Crippen LogP contribution in [0.5, 0.6) is 0 Å². The molecular formula is C17H25F3N5O2+. The predicted octanol–water partition coefficient (Wildman–Crippen LogP) is 2.07. The molecule has 1 aliphatic rings. The van der Waals surface area contributed by atoms with Gasteiger partial charge in [-0.25, -0.2) is 0 Å². The lowest BCUT2D eigenvalue weighted by molar-refractivity contribution is -0.542. The Hall–Kier alpha value is -1.91. The van der Waals surface area contributed by atoms with Gasteiger partial charge in [0.05, 0.1) is 29.4 Å². The van der Waals surface area contributed by atoms with Crippen molar-refractivity contribution in [2.75, 3.05) is 40.4 Å². The average molecular weight is 388 g/mol. The first kappa shape index (κ1) is 19.8. The van der Waals surface area contributed by atoms with E-state index in [1.807, 2.05) is 14.1 Å². The number of hydrogen-bond donors (Lipinski definition) is 1. The van der Waals surface area contributed by atoms with E-state index in [4.69, 9.17) is 4.74 Å². The van der Waals surface area contributed by atoms with E-state index in [-0.39, 0.29) is 17.7 Å². The molecule has 1 N–H and O–H groups in total. The smallest absolute Gasteiger partial charge is 0.379 e. The standard InChI is InChI=1S/C17H25F3N5O2/c1-4-13(22(2)3)16(23-7-9-27-10-8-23)24-14-6-5-12(17(18,19)20)11-15(14)25(26)21-24/h5-6,11,13,16H,4,7-10H2,1-3H3,(H,21,26)/q+1/t13-,16?/m0/s1. The molecule has 27 heavy (non-hydrogen) atoms. The van der Waals surface area contributed by atoms with Gasteiger partial charge in [-0.2, -0.15) is 13.2 Å². The Morgan fingerprint density at radius 1 is 1.30 bits per heavy atom. The number of aromatic nitrogens is 3. The van der Waals surface area contributed by atoms with Gasteiger partial charge in [-0.3, -0.25) is 4.90 Å². The van der Waals surface area contributed by atoms with E-state index in [9.17, 15) is 18.1 Å². The molecule has 0 amide bonds. The molecule has 150 valence electrons. The molecular weight excluding hydrogens is 363 g/mol. The highest BCUT2D eigenvalue weighted by Gasteiger charge is 2.38. The normalized spacial score (nSPS) is 18.9. The molecule has 0 bridgehead atoms. The van der Waals surface area contributed by atoms with Gasteiger partial charge in [-0.15, -0.1) is 4.68 Å². The van der Waals surface area contributed by atoms with Gasteiger partial charge in [0, 0.05) is 19.2 Å². The molecule has 0 saturated carbocycles. The number of aromatic amines is 1. The molecule has 2 aromatic rings. The van der Waals surface area contributed by atoms with Gasteiger partial charge in [-0.05, 0) is 37.6 Å². The first-order valence-electron chi connectivity index (χ1n) is 8.96. The number of alkyl halides is 3. The summed E-state index contributed by atoms with van der Waals surface area (Å²) in [5.41, 5.74) is -0.431. The Kier molecular flexibility index (Phi) is 5.59. The van der Waals surface area contributed by atoms with Crippen LogP contribution in [-0.2, 0) is 10.9 Å². The second-order valence-electron chi connectivity index (χ2n) is 6.97. The lowest BCUT2D eigenvalue weighted by Gasteiger charge is -2.38. The van der Waals surface area contributed by atoms with Gasteiger partial charge < -0.3 is 9.64 Å². The van der Waals surface area contributed by atoms with Crippen LogP contribution >= 0.6 is 0 Å². The van der Waals surface area contributed by atoms with Crippen molar-refractivity contribution in [1.29, 1.82) is 0 Å². The first-order valence-corrected chi connectivity index (χ1v) is 8.96. The zero-order valence-corrected chi connectivity index (χ0v) is 15.7. The number of ether oxygens (including phenoxy) is 1. The van der Waals surface area contributed by atoms with E-state index in [1.54, 1.807) is 4.68 Å². The third kappa shape index (κ3) is 3.87. The minimum absolute atomic E-state index is 0.0308. The van der Waals surface area contributed by atoms with Crippen LogP contribution in [0.25, 0.3) is 11.0 Å². The molecule has 1 aromatic carbocycles. The molecule has 3 rings (SSSR count). The highest BCUT2D eigenvalue weighted by Crippen LogP contribution is 2.32. The molecule has 1 aromatic heterocycles. The number of rotatable bonds is 5. The van der Waals surface area contributed by atoms with Crippen molar-refractivity contribution in [2.45, 2.75) is 31.7 Å². The maximum Gasteiger partial charge on any atom is 0.416 e. The van der Waals surface area contributed by atoms with Crippen molar-refractivity contribution in [3.63, 3.8) is 0 Å². The van der Waals surface area contributed by atoms with Crippen LogP contribution in [-0.4, -0.2) is 66.1 Å². The molecule has 1 aliphatic heterocycles. The van der Waals surface area contributed by atoms with Crippen LogP contribution in [0.1, 0.15) is 25.1 Å². The van der Waals surface area contributed by atoms with Gasteiger partial charge in [0.15, 0.2) is 6.17 Å². The van der Waals surface area contributed by atoms with Crippen molar-refractivity contribution in [1.82, 2.24) is 19.7 Å². The second-order valence-corrected chi connectivity index (χ2v) is 6.97. The molecule has 7 nitrogen and oxygen atoms in total. The summed E-state index contributed by atoms with van der Waals surface area (Å²) >= 11 is 0. The number of benzene rings is 1. The monoisotopic (exact) mass is 388 g/mol. The molecule has 10 heteroatoms. The Labute approximate surface area is 154 Å². The number of fused-ring (bicyclic) bond motifs is 1. The van der Waals surface area contributed by atoms with Crippen molar-refractivity contribution in [2.24, 2.45) is 0 Å². The van der Waals surface area contributed by atoms with Gasteiger partial charge in [-0.1, -0.05) is 12.1 Å². The quantitative estimate of drug-likeness (QED) is 0.797. The topological polar surface area (TPSA) is 59.4 Å². The maximum absolute atomic E-state index is 13.0. The van der Waals surface area contributed by atoms with Crippen LogP contribution in [0.15, 0.2) is 18.2 Å². The molecule has 1 unspecified atom stereocenters. The predicted molar refractivity (Wildman–Crippen MR) is 93.9 cm³/mol. The summed E-state index contributed by atoms with van der Waals surface area (Å²) in [6, 6.07) is 3.32. The number of nitrogens with one attached hydrogen (secondary N) is 1. The molecule has 1 saturated heterocycles. The van der Waals surface area contributed by atoms with Crippen molar-refractivity contribution < 1.29 is 22.5 Å². The summed E-state index contributed by atoms with van der Waals surface area (Å²) in [6.07, 6.45) is -3.92. The number of H-pyrrole nitrogens is 1.